The number of aliphatic carboxylic acids is 1. The predicted molar refractivity (Wildman–Crippen MR) is 123 cm³/mol. The summed E-state index contributed by atoms with van der Waals surface area (Å²) in [5.41, 5.74) is -1.79. The first-order valence-corrected chi connectivity index (χ1v) is 10.7. The van der Waals surface area contributed by atoms with Gasteiger partial charge in [-0.15, -0.1) is 0 Å². The fourth-order valence-electron chi connectivity index (χ4n) is 3.14. The average Bonchev–Trinajstić information content (AvgIpc) is 2.78. The monoisotopic (exact) mass is 505 g/mol. The molecule has 3 aromatic rings. The van der Waals surface area contributed by atoms with E-state index in [1.54, 1.807) is 49.4 Å². The van der Waals surface area contributed by atoms with Crippen molar-refractivity contribution >= 4 is 11.9 Å². The van der Waals surface area contributed by atoms with Gasteiger partial charge in [0.15, 0.2) is 5.60 Å². The fourth-order valence-corrected chi connectivity index (χ4v) is 3.14. The first-order valence-electron chi connectivity index (χ1n) is 10.7. The summed E-state index contributed by atoms with van der Waals surface area (Å²) in [7, 11) is 0. The minimum atomic E-state index is -4.85. The quantitative estimate of drug-likeness (QED) is 0.361. The van der Waals surface area contributed by atoms with Gasteiger partial charge in [0.05, 0.1) is 5.56 Å². The highest BCUT2D eigenvalue weighted by atomic mass is 19.4. The zero-order valence-corrected chi connectivity index (χ0v) is 19.6. The number of carboxylic acid groups (broad SMARTS) is 1. The van der Waals surface area contributed by atoms with Crippen LogP contribution in [0.2, 0.25) is 0 Å². The van der Waals surface area contributed by atoms with Gasteiger partial charge < -0.3 is 19.9 Å². The standard InChI is InChI=1S/C26H23F4NO5/c1-15-11-19(8-10-22(15)36-25(2,3)24(33)34)35-18-6-4-5-16(12-18)14-31-23(32)17-7-9-20(21(27)13-17)26(28,29)30/h4-13H,14H2,1-3H3,(H,31,32)(H,33,34). The summed E-state index contributed by atoms with van der Waals surface area (Å²) in [6.07, 6.45) is -4.85. The van der Waals surface area contributed by atoms with Crippen molar-refractivity contribution in [3.63, 3.8) is 0 Å². The van der Waals surface area contributed by atoms with Crippen molar-refractivity contribution in [1.82, 2.24) is 5.32 Å². The summed E-state index contributed by atoms with van der Waals surface area (Å²) < 4.78 is 63.3. The normalized spacial score (nSPS) is 11.6. The van der Waals surface area contributed by atoms with E-state index in [9.17, 15) is 32.3 Å². The zero-order valence-electron chi connectivity index (χ0n) is 19.6. The van der Waals surface area contributed by atoms with Crippen molar-refractivity contribution in [1.29, 1.82) is 0 Å². The molecule has 36 heavy (non-hydrogen) atoms. The van der Waals surface area contributed by atoms with E-state index < -0.39 is 35.0 Å². The molecule has 0 spiro atoms. The van der Waals surface area contributed by atoms with Crippen LogP contribution in [0.15, 0.2) is 60.7 Å². The Morgan fingerprint density at radius 1 is 0.972 bits per heavy atom. The summed E-state index contributed by atoms with van der Waals surface area (Å²) in [5, 5.41) is 11.8. The molecular weight excluding hydrogens is 482 g/mol. The molecule has 3 rings (SSSR count). The lowest BCUT2D eigenvalue weighted by Gasteiger charge is -2.23. The van der Waals surface area contributed by atoms with Crippen molar-refractivity contribution in [2.45, 2.75) is 39.1 Å². The summed E-state index contributed by atoms with van der Waals surface area (Å²) >= 11 is 0. The Bertz CT molecular complexity index is 1290. The number of alkyl halides is 3. The number of hydrogen-bond acceptors (Lipinski definition) is 4. The van der Waals surface area contributed by atoms with Gasteiger partial charge in [-0.1, -0.05) is 12.1 Å². The van der Waals surface area contributed by atoms with Crippen molar-refractivity contribution < 1.29 is 41.7 Å². The molecule has 0 fully saturated rings. The summed E-state index contributed by atoms with van der Waals surface area (Å²) in [6.45, 7) is 4.65. The molecule has 0 radical (unpaired) electrons. The van der Waals surface area contributed by atoms with Crippen LogP contribution in [0.3, 0.4) is 0 Å². The van der Waals surface area contributed by atoms with Gasteiger partial charge in [0.25, 0.3) is 5.91 Å². The molecule has 0 aliphatic heterocycles. The number of amides is 1. The molecule has 0 aliphatic rings. The van der Waals surface area contributed by atoms with E-state index >= 15 is 0 Å². The minimum absolute atomic E-state index is 0.0226. The number of carboxylic acids is 1. The fraction of sp³-hybridized carbons (Fsp3) is 0.231. The number of benzene rings is 3. The second-order valence-corrected chi connectivity index (χ2v) is 8.47. The Labute approximate surface area is 204 Å². The number of rotatable bonds is 8. The molecule has 0 saturated heterocycles. The lowest BCUT2D eigenvalue weighted by Crippen LogP contribution is -2.38. The molecule has 0 unspecified atom stereocenters. The van der Waals surface area contributed by atoms with Crippen LogP contribution in [0.1, 0.15) is 40.9 Å². The number of carbonyl (C=O) groups excluding carboxylic acids is 1. The molecule has 0 aromatic heterocycles. The van der Waals surface area contributed by atoms with E-state index in [4.69, 9.17) is 9.47 Å². The smallest absolute Gasteiger partial charge is 0.419 e. The number of halogens is 4. The van der Waals surface area contributed by atoms with Gasteiger partial charge in [0.1, 0.15) is 23.1 Å². The molecule has 6 nitrogen and oxygen atoms in total. The summed E-state index contributed by atoms with van der Waals surface area (Å²) in [4.78, 5) is 23.6. The van der Waals surface area contributed by atoms with Crippen LogP contribution in [0.25, 0.3) is 0 Å². The third kappa shape index (κ3) is 6.53. The molecule has 10 heteroatoms. The van der Waals surface area contributed by atoms with Gasteiger partial charge in [-0.05, 0) is 80.4 Å². The molecule has 3 aromatic carbocycles. The number of aryl methyl sites for hydroxylation is 1. The van der Waals surface area contributed by atoms with Crippen molar-refractivity contribution in [3.8, 4) is 17.2 Å². The van der Waals surface area contributed by atoms with E-state index in [0.29, 0.717) is 40.5 Å². The highest BCUT2D eigenvalue weighted by molar-refractivity contribution is 5.94. The van der Waals surface area contributed by atoms with Crippen LogP contribution in [0, 0.1) is 12.7 Å². The molecule has 1 amide bonds. The van der Waals surface area contributed by atoms with Crippen LogP contribution >= 0.6 is 0 Å². The van der Waals surface area contributed by atoms with E-state index in [1.807, 2.05) is 0 Å². The number of carbonyl (C=O) groups is 2. The molecule has 0 atom stereocenters. The van der Waals surface area contributed by atoms with Gasteiger partial charge in [-0.25, -0.2) is 9.18 Å². The van der Waals surface area contributed by atoms with Crippen LogP contribution in [0.4, 0.5) is 17.6 Å². The van der Waals surface area contributed by atoms with Crippen molar-refractivity contribution in [3.05, 3.63) is 88.7 Å². The molecule has 0 bridgehead atoms. The minimum Gasteiger partial charge on any atom is -0.478 e. The Hall–Kier alpha value is -4.08. The van der Waals surface area contributed by atoms with Crippen LogP contribution in [-0.4, -0.2) is 22.6 Å². The molecule has 0 aliphatic carbocycles. The van der Waals surface area contributed by atoms with Crippen LogP contribution in [0.5, 0.6) is 17.2 Å². The number of hydrogen-bond donors (Lipinski definition) is 2. The average molecular weight is 505 g/mol. The summed E-state index contributed by atoms with van der Waals surface area (Å²) in [5.74, 6) is -2.05. The van der Waals surface area contributed by atoms with Crippen LogP contribution in [-0.2, 0) is 17.5 Å². The Balaban J connectivity index is 1.65. The SMILES string of the molecule is Cc1cc(Oc2cccc(CNC(=O)c3ccc(C(F)(F)F)c(F)c3)c2)ccc1OC(C)(C)C(=O)O. The van der Waals surface area contributed by atoms with Crippen LogP contribution < -0.4 is 14.8 Å². The van der Waals surface area contributed by atoms with Crippen molar-refractivity contribution in [2.24, 2.45) is 0 Å². The highest BCUT2D eigenvalue weighted by Gasteiger charge is 2.34. The van der Waals surface area contributed by atoms with Gasteiger partial charge in [0.2, 0.25) is 0 Å². The summed E-state index contributed by atoms with van der Waals surface area (Å²) in [6, 6.07) is 13.6. The van der Waals surface area contributed by atoms with E-state index in [0.717, 1.165) is 6.07 Å². The van der Waals surface area contributed by atoms with Gasteiger partial charge >= 0.3 is 12.1 Å². The van der Waals surface area contributed by atoms with Gasteiger partial charge in [-0.2, -0.15) is 13.2 Å². The predicted octanol–water partition coefficient (Wildman–Crippen LogP) is 6.12. The zero-order chi connectivity index (χ0) is 26.7. The number of nitrogens with one attached hydrogen (secondary N) is 1. The maximum atomic E-state index is 13.7. The van der Waals surface area contributed by atoms with E-state index in [1.165, 1.54) is 13.8 Å². The third-order valence-electron chi connectivity index (χ3n) is 5.15. The van der Waals surface area contributed by atoms with Gasteiger partial charge in [-0.3, -0.25) is 4.79 Å². The second-order valence-electron chi connectivity index (χ2n) is 8.47. The van der Waals surface area contributed by atoms with Gasteiger partial charge in [0, 0.05) is 12.1 Å². The maximum Gasteiger partial charge on any atom is 0.419 e. The topological polar surface area (TPSA) is 84.9 Å². The van der Waals surface area contributed by atoms with Crippen molar-refractivity contribution in [2.75, 3.05) is 0 Å². The van der Waals surface area contributed by atoms with E-state index in [2.05, 4.69) is 5.32 Å². The van der Waals surface area contributed by atoms with E-state index in [-0.39, 0.29) is 12.1 Å². The Morgan fingerprint density at radius 2 is 1.67 bits per heavy atom. The molecule has 0 saturated carbocycles. The Kier molecular flexibility index (Phi) is 7.57. The molecular formula is C26H23F4NO5. The first kappa shape index (κ1) is 26.5. The molecule has 0 heterocycles. The Morgan fingerprint density at radius 3 is 2.28 bits per heavy atom. The molecule has 2 N–H and O–H groups in total. The first-order chi connectivity index (χ1) is 16.8. The lowest BCUT2D eigenvalue weighted by molar-refractivity contribution is -0.152. The maximum absolute atomic E-state index is 13.7. The molecule has 190 valence electrons. The lowest BCUT2D eigenvalue weighted by atomic mass is 10.1. The largest absolute Gasteiger partial charge is 0.478 e. The second kappa shape index (κ2) is 10.3. The highest BCUT2D eigenvalue weighted by Crippen LogP contribution is 2.32. The number of ether oxygens (including phenoxy) is 2. The third-order valence-corrected chi connectivity index (χ3v) is 5.15.